The van der Waals surface area contributed by atoms with Crippen molar-refractivity contribution in [1.82, 2.24) is 19.5 Å². The highest BCUT2D eigenvalue weighted by molar-refractivity contribution is 7.92. The lowest BCUT2D eigenvalue weighted by Gasteiger charge is -2.30. The van der Waals surface area contributed by atoms with Gasteiger partial charge in [0.1, 0.15) is 11.3 Å². The second kappa shape index (κ2) is 11.8. The van der Waals surface area contributed by atoms with E-state index < -0.39 is 10.0 Å². The maximum atomic E-state index is 14.1. The van der Waals surface area contributed by atoms with Gasteiger partial charge in [-0.2, -0.15) is 4.98 Å². The second-order valence-corrected chi connectivity index (χ2v) is 11.5. The molecule has 1 aromatic carbocycles. The number of methoxy groups -OCH3 is 1. The number of nitrogens with two attached hydrogens (primary N) is 1. The maximum absolute atomic E-state index is 14.1. The van der Waals surface area contributed by atoms with Crippen molar-refractivity contribution in [2.24, 2.45) is 0 Å². The van der Waals surface area contributed by atoms with E-state index in [0.29, 0.717) is 40.7 Å². The molecule has 1 fully saturated rings. The lowest BCUT2D eigenvalue weighted by Crippen LogP contribution is -2.32. The van der Waals surface area contributed by atoms with Gasteiger partial charge in [0.05, 0.1) is 37.0 Å². The largest absolute Gasteiger partial charge is 0.480 e. The van der Waals surface area contributed by atoms with Crippen molar-refractivity contribution in [1.29, 1.82) is 0 Å². The highest BCUT2D eigenvalue weighted by Gasteiger charge is 2.27. The predicted octanol–water partition coefficient (Wildman–Crippen LogP) is 3.05. The number of pyridine rings is 2. The highest BCUT2D eigenvalue weighted by Crippen LogP contribution is 2.34. The van der Waals surface area contributed by atoms with Gasteiger partial charge >= 0.3 is 0 Å². The van der Waals surface area contributed by atoms with Crippen LogP contribution in [0.15, 0.2) is 58.4 Å². The van der Waals surface area contributed by atoms with Crippen LogP contribution in [-0.4, -0.2) is 59.5 Å². The van der Waals surface area contributed by atoms with E-state index in [1.165, 1.54) is 31.5 Å². The number of anilines is 2. The summed E-state index contributed by atoms with van der Waals surface area (Å²) in [7, 11) is -2.57. The Labute approximate surface area is 237 Å². The molecule has 0 radical (unpaired) electrons. The summed E-state index contributed by atoms with van der Waals surface area (Å²) < 4.78 is 41.4. The van der Waals surface area contributed by atoms with E-state index in [-0.39, 0.29) is 53.3 Å². The Hall–Kier alpha value is -4.07. The Bertz CT molecular complexity index is 1720. The zero-order valence-electron chi connectivity index (χ0n) is 22.8. The molecule has 41 heavy (non-hydrogen) atoms. The zero-order chi connectivity index (χ0) is 29.1. The Morgan fingerprint density at radius 3 is 2.54 bits per heavy atom. The lowest BCUT2D eigenvalue weighted by atomic mass is 9.92. The summed E-state index contributed by atoms with van der Waals surface area (Å²) in [6.45, 7) is 2.03. The van der Waals surface area contributed by atoms with Gasteiger partial charge in [-0.3, -0.25) is 14.1 Å². The normalized spacial score (nSPS) is 17.4. The maximum Gasteiger partial charge on any atom is 0.262 e. The van der Waals surface area contributed by atoms with Crippen LogP contribution in [-0.2, 0) is 14.8 Å². The van der Waals surface area contributed by atoms with Gasteiger partial charge in [-0.05, 0) is 56.9 Å². The van der Waals surface area contributed by atoms with Crippen LogP contribution in [0.1, 0.15) is 37.4 Å². The average Bonchev–Trinajstić information content (AvgIpc) is 2.96. The summed E-state index contributed by atoms with van der Waals surface area (Å²) in [5.41, 5.74) is 7.52. The van der Waals surface area contributed by atoms with Gasteiger partial charge in [0.15, 0.2) is 0 Å². The van der Waals surface area contributed by atoms with Gasteiger partial charge in [0.2, 0.25) is 11.8 Å². The van der Waals surface area contributed by atoms with Crippen molar-refractivity contribution in [3.63, 3.8) is 0 Å². The Balaban J connectivity index is 1.61. The molecule has 3 aromatic heterocycles. The molecule has 0 saturated heterocycles. The van der Waals surface area contributed by atoms with E-state index in [1.54, 1.807) is 35.8 Å². The molecule has 1 aliphatic carbocycles. The van der Waals surface area contributed by atoms with Crippen LogP contribution < -0.4 is 20.8 Å². The number of hydrogen-bond acceptors (Lipinski definition) is 10. The van der Waals surface area contributed by atoms with Gasteiger partial charge < -0.3 is 20.3 Å². The van der Waals surface area contributed by atoms with Crippen molar-refractivity contribution >= 4 is 32.7 Å². The summed E-state index contributed by atoms with van der Waals surface area (Å²) in [6, 6.07) is 11.0. The fourth-order valence-corrected chi connectivity index (χ4v) is 6.31. The smallest absolute Gasteiger partial charge is 0.262 e. The first-order valence-electron chi connectivity index (χ1n) is 13.3. The van der Waals surface area contributed by atoms with Gasteiger partial charge in [0, 0.05) is 28.8 Å². The molecule has 0 aliphatic heterocycles. The molecule has 1 saturated carbocycles. The fraction of sp³-hybridized carbons (Fsp3) is 0.357. The molecule has 0 bridgehead atoms. The molecule has 5 rings (SSSR count). The summed E-state index contributed by atoms with van der Waals surface area (Å²) >= 11 is 0. The number of aryl methyl sites for hydroxylation is 1. The van der Waals surface area contributed by atoms with Gasteiger partial charge in [-0.25, -0.2) is 18.4 Å². The third-order valence-corrected chi connectivity index (χ3v) is 8.59. The van der Waals surface area contributed by atoms with E-state index in [1.807, 2.05) is 0 Å². The number of nitrogens with one attached hydrogen (secondary N) is 1. The second-order valence-electron chi connectivity index (χ2n) is 9.86. The third-order valence-electron chi connectivity index (χ3n) is 7.21. The topological polar surface area (TPSA) is 172 Å². The first kappa shape index (κ1) is 28.5. The van der Waals surface area contributed by atoms with Gasteiger partial charge in [-0.15, -0.1) is 0 Å². The molecule has 0 unspecified atom stereocenters. The van der Waals surface area contributed by atoms with Crippen molar-refractivity contribution < 1.29 is 23.0 Å². The summed E-state index contributed by atoms with van der Waals surface area (Å²) in [5, 5.41) is 9.75. The van der Waals surface area contributed by atoms with Crippen LogP contribution in [0.5, 0.6) is 5.88 Å². The highest BCUT2D eigenvalue weighted by atomic mass is 32.2. The van der Waals surface area contributed by atoms with Crippen LogP contribution in [0.25, 0.3) is 22.2 Å². The molecule has 0 amide bonds. The quantitative estimate of drug-likeness (QED) is 0.267. The van der Waals surface area contributed by atoms with Crippen molar-refractivity contribution in [3.8, 4) is 17.0 Å². The minimum Gasteiger partial charge on any atom is -0.480 e. The van der Waals surface area contributed by atoms with E-state index in [4.69, 9.17) is 20.3 Å². The van der Waals surface area contributed by atoms with Crippen LogP contribution in [0.2, 0.25) is 0 Å². The number of nitrogens with zero attached hydrogens (tertiary/aromatic N) is 4. The summed E-state index contributed by atoms with van der Waals surface area (Å²) in [6.07, 6.45) is 4.26. The van der Waals surface area contributed by atoms with E-state index >= 15 is 0 Å². The van der Waals surface area contributed by atoms with E-state index in [9.17, 15) is 13.2 Å². The molecule has 216 valence electrons. The van der Waals surface area contributed by atoms with Crippen molar-refractivity contribution in [2.45, 2.75) is 49.6 Å². The number of aliphatic hydroxyl groups excluding tert-OH is 1. The number of benzene rings is 1. The zero-order valence-corrected chi connectivity index (χ0v) is 23.6. The number of ether oxygens (including phenoxy) is 2. The summed E-state index contributed by atoms with van der Waals surface area (Å²) in [4.78, 5) is 27.3. The van der Waals surface area contributed by atoms with Crippen molar-refractivity contribution in [2.75, 3.05) is 30.8 Å². The molecule has 1 aliphatic rings. The number of hydrogen-bond donors (Lipinski definition) is 3. The van der Waals surface area contributed by atoms with E-state index in [2.05, 4.69) is 19.7 Å². The fourth-order valence-electron chi connectivity index (χ4n) is 5.25. The number of aliphatic hydroxyl groups is 1. The number of rotatable bonds is 9. The lowest BCUT2D eigenvalue weighted by molar-refractivity contribution is 0.00169. The molecule has 12 nitrogen and oxygen atoms in total. The Morgan fingerprint density at radius 1 is 1.12 bits per heavy atom. The van der Waals surface area contributed by atoms with Crippen molar-refractivity contribution in [3.05, 3.63) is 64.7 Å². The Kier molecular flexibility index (Phi) is 8.20. The van der Waals surface area contributed by atoms with Crippen LogP contribution in [0.3, 0.4) is 0 Å². The average molecular weight is 581 g/mol. The first-order chi connectivity index (χ1) is 19.7. The van der Waals surface area contributed by atoms with E-state index in [0.717, 1.165) is 12.8 Å². The van der Waals surface area contributed by atoms with Gasteiger partial charge in [0.25, 0.3) is 15.6 Å². The molecule has 13 heteroatoms. The number of sulfonamides is 1. The molecular weight excluding hydrogens is 548 g/mol. The monoisotopic (exact) mass is 580 g/mol. The number of fused-ring (bicyclic) bond motifs is 1. The first-order valence-corrected chi connectivity index (χ1v) is 14.7. The Morgan fingerprint density at radius 2 is 1.85 bits per heavy atom. The summed E-state index contributed by atoms with van der Waals surface area (Å²) in [5.74, 6) is 0.127. The molecule has 4 aromatic rings. The van der Waals surface area contributed by atoms with Crippen LogP contribution in [0, 0.1) is 6.92 Å². The van der Waals surface area contributed by atoms with Crippen LogP contribution in [0.4, 0.5) is 11.6 Å². The molecule has 0 spiro atoms. The minimum absolute atomic E-state index is 0.0102. The van der Waals surface area contributed by atoms with Crippen LogP contribution >= 0.6 is 0 Å². The minimum atomic E-state index is -3.95. The number of aromatic nitrogens is 4. The standard InChI is InChI=1S/C28H32N6O6S/c1-17-22-15-23(18-14-24(26(39-2)30-16-18)33-41(37,38)21-6-4-3-5-7-21)27(36)34(25(22)32-28(29)31-17)19-8-10-20(11-9-19)40-13-12-35/h3-7,14-16,19-20,33,35H,8-13H2,1-2H3,(H2,29,31,32)/t19-,20-. The molecule has 4 N–H and O–H groups in total. The third kappa shape index (κ3) is 5.87. The SMILES string of the molecule is COc1ncc(-c2cc3c(C)nc(N)nc3n([C@H]3CC[C@H](OCCO)CC3)c2=O)cc1NS(=O)(=O)c1ccccc1. The predicted molar refractivity (Wildman–Crippen MR) is 154 cm³/mol. The number of nitrogen functional groups attached to an aromatic ring is 1. The molecular formula is C28H32N6O6S. The molecule has 0 atom stereocenters. The van der Waals surface area contributed by atoms with Gasteiger partial charge in [-0.1, -0.05) is 18.2 Å². The molecule has 3 heterocycles.